The van der Waals surface area contributed by atoms with Gasteiger partial charge >= 0.3 is 0 Å². The lowest BCUT2D eigenvalue weighted by atomic mass is 9.96. The van der Waals surface area contributed by atoms with Gasteiger partial charge in [-0.15, -0.1) is 0 Å². The van der Waals surface area contributed by atoms with Crippen molar-refractivity contribution in [1.82, 2.24) is 20.5 Å². The normalized spacial score (nSPS) is 24.2. The van der Waals surface area contributed by atoms with Crippen LogP contribution in [0.2, 0.25) is 0 Å². The minimum absolute atomic E-state index is 0.205. The first-order chi connectivity index (χ1) is 14.0. The summed E-state index contributed by atoms with van der Waals surface area (Å²) in [5.41, 5.74) is 13.5. The molecule has 1 aromatic heterocycles. The van der Waals surface area contributed by atoms with Gasteiger partial charge in [-0.3, -0.25) is 9.78 Å². The summed E-state index contributed by atoms with van der Waals surface area (Å²) >= 11 is 0. The molecule has 3 rings (SSSR count). The molecular weight excluding hydrogens is 370 g/mol. The van der Waals surface area contributed by atoms with Crippen LogP contribution >= 0.6 is 0 Å². The van der Waals surface area contributed by atoms with Gasteiger partial charge in [-0.1, -0.05) is 0 Å². The van der Waals surface area contributed by atoms with E-state index in [0.29, 0.717) is 25.2 Å². The number of nitrogens with two attached hydrogens (primary N) is 2. The number of hydrogen-bond donors (Lipinski definition) is 5. The Morgan fingerprint density at radius 2 is 2.03 bits per heavy atom. The molecule has 29 heavy (non-hydrogen) atoms. The molecule has 7 N–H and O–H groups in total. The summed E-state index contributed by atoms with van der Waals surface area (Å²) in [6.07, 6.45) is 2.66. The van der Waals surface area contributed by atoms with Gasteiger partial charge in [-0.2, -0.15) is 5.26 Å². The first-order valence-corrected chi connectivity index (χ1v) is 10.0. The summed E-state index contributed by atoms with van der Waals surface area (Å²) in [5, 5.41) is 18.4. The van der Waals surface area contributed by atoms with Crippen molar-refractivity contribution >= 4 is 17.3 Å². The predicted molar refractivity (Wildman–Crippen MR) is 112 cm³/mol. The number of amides is 1. The quantitative estimate of drug-likeness (QED) is 0.366. The van der Waals surface area contributed by atoms with E-state index in [2.05, 4.69) is 43.9 Å². The molecule has 2 fully saturated rings. The van der Waals surface area contributed by atoms with Gasteiger partial charge in [0.15, 0.2) is 0 Å². The van der Waals surface area contributed by atoms with Gasteiger partial charge in [0.1, 0.15) is 0 Å². The second-order valence-electron chi connectivity index (χ2n) is 7.80. The van der Waals surface area contributed by atoms with Gasteiger partial charge in [-0.05, 0) is 19.0 Å². The van der Waals surface area contributed by atoms with Crippen molar-refractivity contribution in [2.75, 3.05) is 56.5 Å². The van der Waals surface area contributed by atoms with Gasteiger partial charge in [0.05, 0.1) is 41.9 Å². The first-order valence-electron chi connectivity index (χ1n) is 10.0. The van der Waals surface area contributed by atoms with Crippen LogP contribution in [0.5, 0.6) is 0 Å². The van der Waals surface area contributed by atoms with Crippen LogP contribution in [-0.4, -0.2) is 74.4 Å². The fraction of sp³-hybridized carbons (Fsp3) is 0.632. The molecule has 1 unspecified atom stereocenters. The van der Waals surface area contributed by atoms with Crippen molar-refractivity contribution in [3.8, 4) is 6.07 Å². The molecule has 3 heterocycles. The number of aromatic nitrogens is 1. The van der Waals surface area contributed by atoms with Crippen LogP contribution in [0.1, 0.15) is 6.42 Å². The van der Waals surface area contributed by atoms with Crippen LogP contribution in [0.3, 0.4) is 0 Å². The average Bonchev–Trinajstić information content (AvgIpc) is 2.70. The lowest BCUT2D eigenvalue weighted by Gasteiger charge is -2.37. The molecule has 2 aliphatic rings. The lowest BCUT2D eigenvalue weighted by Crippen LogP contribution is -2.63. The van der Waals surface area contributed by atoms with Crippen molar-refractivity contribution in [2.45, 2.75) is 18.8 Å². The monoisotopic (exact) mass is 401 g/mol. The summed E-state index contributed by atoms with van der Waals surface area (Å²) in [7, 11) is 2.10. The van der Waals surface area contributed by atoms with Crippen molar-refractivity contribution in [2.24, 2.45) is 23.3 Å². The molecule has 0 aromatic carbocycles. The predicted octanol–water partition coefficient (Wildman–Crippen LogP) is -1.32. The molecule has 0 saturated carbocycles. The van der Waals surface area contributed by atoms with Crippen molar-refractivity contribution < 1.29 is 4.79 Å². The van der Waals surface area contributed by atoms with E-state index >= 15 is 0 Å². The van der Waals surface area contributed by atoms with E-state index in [1.165, 1.54) is 0 Å². The number of rotatable bonds is 6. The molecule has 2 saturated heterocycles. The highest BCUT2D eigenvalue weighted by molar-refractivity contribution is 5.96. The molecule has 10 nitrogen and oxygen atoms in total. The summed E-state index contributed by atoms with van der Waals surface area (Å²) in [6.45, 7) is 4.98. The second kappa shape index (κ2) is 9.96. The van der Waals surface area contributed by atoms with Gasteiger partial charge < -0.3 is 37.2 Å². The lowest BCUT2D eigenvalue weighted by molar-refractivity contribution is -0.122. The third kappa shape index (κ3) is 5.41. The number of carbonyl (C=O) groups excluding carboxylic acids is 1. The first kappa shape index (κ1) is 21.4. The maximum absolute atomic E-state index is 13.1. The van der Waals surface area contributed by atoms with E-state index in [9.17, 15) is 4.79 Å². The smallest absolute Gasteiger partial charge is 0.233 e. The molecule has 158 valence electrons. The Bertz CT molecular complexity index is 719. The van der Waals surface area contributed by atoms with E-state index in [-0.39, 0.29) is 18.0 Å². The van der Waals surface area contributed by atoms with E-state index in [0.717, 1.165) is 31.9 Å². The van der Waals surface area contributed by atoms with Crippen LogP contribution < -0.4 is 32.3 Å². The zero-order chi connectivity index (χ0) is 20.8. The maximum atomic E-state index is 13.1. The average molecular weight is 402 g/mol. The minimum atomic E-state index is -0.837. The second-order valence-corrected chi connectivity index (χ2v) is 7.80. The Morgan fingerprint density at radius 3 is 2.66 bits per heavy atom. The molecule has 0 spiro atoms. The van der Waals surface area contributed by atoms with E-state index < -0.39 is 12.1 Å². The van der Waals surface area contributed by atoms with E-state index in [4.69, 9.17) is 16.7 Å². The van der Waals surface area contributed by atoms with Gasteiger partial charge in [0, 0.05) is 51.9 Å². The molecule has 1 aromatic rings. The number of pyridine rings is 1. The number of nitriles is 1. The summed E-state index contributed by atoms with van der Waals surface area (Å²) in [4.78, 5) is 21.8. The summed E-state index contributed by atoms with van der Waals surface area (Å²) in [5.74, 6) is -0.721. The Morgan fingerprint density at radius 1 is 1.34 bits per heavy atom. The van der Waals surface area contributed by atoms with Crippen LogP contribution in [0.4, 0.5) is 11.4 Å². The SMILES string of the molecule is CN1CCN(c2ccncc2NC(=O)C(C(N)N)C2NCC(CC#N)CN2)CC1. The number of piperazine rings is 1. The van der Waals surface area contributed by atoms with Crippen LogP contribution in [0, 0.1) is 23.2 Å². The molecule has 1 atom stereocenters. The number of likely N-dealkylation sites (N-methyl/N-ethyl adjacent to an activating group) is 1. The minimum Gasteiger partial charge on any atom is -0.367 e. The van der Waals surface area contributed by atoms with Gasteiger partial charge in [-0.25, -0.2) is 0 Å². The summed E-state index contributed by atoms with van der Waals surface area (Å²) in [6, 6.07) is 4.10. The number of anilines is 2. The number of nitrogens with zero attached hydrogens (tertiary/aromatic N) is 4. The topological polar surface area (TPSA) is 148 Å². The number of carbonyl (C=O) groups is 1. The zero-order valence-electron chi connectivity index (χ0n) is 16.8. The molecule has 1 amide bonds. The standard InChI is InChI=1S/C19H31N9O/c1-27-6-8-28(9-7-27)15-3-5-23-12-14(15)26-19(29)16(17(21)22)18-24-10-13(2-4-20)11-25-18/h3,5,12-13,16-18,24-25H,2,6-11,21-22H2,1H3,(H,26,29). The molecule has 0 aliphatic carbocycles. The van der Waals surface area contributed by atoms with E-state index in [1.807, 2.05) is 6.07 Å². The molecule has 10 heteroatoms. The Balaban J connectivity index is 1.69. The number of hydrogen-bond acceptors (Lipinski definition) is 9. The third-order valence-electron chi connectivity index (χ3n) is 5.61. The van der Waals surface area contributed by atoms with Crippen LogP contribution in [0.25, 0.3) is 0 Å². The van der Waals surface area contributed by atoms with E-state index in [1.54, 1.807) is 12.4 Å². The molecule has 0 radical (unpaired) electrons. The fourth-order valence-electron chi connectivity index (χ4n) is 3.83. The molecule has 0 bridgehead atoms. The van der Waals surface area contributed by atoms with Crippen LogP contribution in [0.15, 0.2) is 18.5 Å². The highest BCUT2D eigenvalue weighted by Gasteiger charge is 2.35. The van der Waals surface area contributed by atoms with Crippen LogP contribution in [-0.2, 0) is 4.79 Å². The highest BCUT2D eigenvalue weighted by atomic mass is 16.2. The Labute approximate surface area is 171 Å². The molecular formula is C19H31N9O. The Hall–Kier alpha value is -2.29. The van der Waals surface area contributed by atoms with Crippen molar-refractivity contribution in [1.29, 1.82) is 5.26 Å². The number of nitrogens with one attached hydrogen (secondary N) is 3. The molecule has 2 aliphatic heterocycles. The van der Waals surface area contributed by atoms with Gasteiger partial charge in [0.2, 0.25) is 5.91 Å². The third-order valence-corrected chi connectivity index (χ3v) is 5.61. The Kier molecular flexibility index (Phi) is 7.35. The zero-order valence-corrected chi connectivity index (χ0v) is 16.8. The maximum Gasteiger partial charge on any atom is 0.233 e. The van der Waals surface area contributed by atoms with Crippen molar-refractivity contribution in [3.05, 3.63) is 18.5 Å². The fourth-order valence-corrected chi connectivity index (χ4v) is 3.83. The summed E-state index contributed by atoms with van der Waals surface area (Å²) < 4.78 is 0. The largest absolute Gasteiger partial charge is 0.367 e. The highest BCUT2D eigenvalue weighted by Crippen LogP contribution is 2.26. The van der Waals surface area contributed by atoms with Crippen molar-refractivity contribution in [3.63, 3.8) is 0 Å². The van der Waals surface area contributed by atoms with Gasteiger partial charge in [0.25, 0.3) is 0 Å².